The zero-order valence-corrected chi connectivity index (χ0v) is 32.7. The van der Waals surface area contributed by atoms with Gasteiger partial charge in [-0.05, 0) is 113 Å². The van der Waals surface area contributed by atoms with Gasteiger partial charge in [-0.15, -0.1) is 0 Å². The maximum absolute atomic E-state index is 5.24. The van der Waals surface area contributed by atoms with E-state index in [1.54, 1.807) is 0 Å². The SMILES string of the molecule is C.CC.[Cu+2].c1ccc2cc3c(cc2c1)-c1nc-3nc2[n-]c(nc3nc(nc4[n-]c(n1)c1cc5ccccc5cc41)-c1cc4ccccc4cc1-3)c1cc3ccccc3cc21. The van der Waals surface area contributed by atoms with Crippen molar-refractivity contribution in [3.63, 3.8) is 0 Å². The van der Waals surface area contributed by atoms with Gasteiger partial charge in [0.15, 0.2) is 0 Å². The molecule has 3 aromatic heterocycles. The number of benzene rings is 8. The fourth-order valence-corrected chi connectivity index (χ4v) is 8.41. The van der Waals surface area contributed by atoms with Crippen molar-refractivity contribution in [2.24, 2.45) is 0 Å². The summed E-state index contributed by atoms with van der Waals surface area (Å²) in [5.41, 5.74) is 5.67. The van der Waals surface area contributed by atoms with Crippen molar-refractivity contribution in [1.82, 2.24) is 39.9 Å². The predicted molar refractivity (Wildman–Crippen MR) is 242 cm³/mol. The minimum Gasteiger partial charge on any atom is -0.357 e. The van der Waals surface area contributed by atoms with E-state index < -0.39 is 0 Å². The molecule has 0 N–H and O–H groups in total. The molecule has 289 valence electrons. The molecule has 0 saturated carbocycles. The van der Waals surface area contributed by atoms with E-state index in [9.17, 15) is 0 Å². The number of rotatable bonds is 0. The maximum atomic E-state index is 5.24. The van der Waals surface area contributed by atoms with Gasteiger partial charge in [0, 0.05) is 44.8 Å². The van der Waals surface area contributed by atoms with Gasteiger partial charge >= 0.3 is 17.1 Å². The van der Waals surface area contributed by atoms with E-state index in [0.717, 1.165) is 86.9 Å². The summed E-state index contributed by atoms with van der Waals surface area (Å²) in [4.78, 5) is 41.6. The third-order valence-electron chi connectivity index (χ3n) is 11.2. The van der Waals surface area contributed by atoms with Crippen LogP contribution < -0.4 is 9.97 Å². The summed E-state index contributed by atoms with van der Waals surface area (Å²) < 4.78 is 0. The molecule has 0 aliphatic carbocycles. The van der Waals surface area contributed by atoms with Crippen LogP contribution in [0.4, 0.5) is 0 Å². The average Bonchev–Trinajstić information content (AvgIpc) is 3.98. The average molecular weight is 822 g/mol. The van der Waals surface area contributed by atoms with Gasteiger partial charge in [0.2, 0.25) is 0 Å². The Labute approximate surface area is 355 Å². The molecule has 11 aromatic rings. The van der Waals surface area contributed by atoms with E-state index in [4.69, 9.17) is 39.9 Å². The molecule has 8 aromatic carbocycles. The second kappa shape index (κ2) is 14.2. The van der Waals surface area contributed by atoms with Crippen LogP contribution in [0.15, 0.2) is 146 Å². The predicted octanol–water partition coefficient (Wildman–Crippen LogP) is 12.4. The quantitative estimate of drug-likeness (QED) is 0.139. The molecule has 0 amide bonds. The molecule has 2 aliphatic heterocycles. The maximum Gasteiger partial charge on any atom is 2.00 e. The Morgan fingerprint density at radius 2 is 0.500 bits per heavy atom. The van der Waals surface area contributed by atoms with E-state index in [1.165, 1.54) is 0 Å². The Kier molecular flexibility index (Phi) is 8.75. The monoisotopic (exact) mass is 821 g/mol. The number of nitrogens with zero attached hydrogens (tertiary/aromatic N) is 8. The van der Waals surface area contributed by atoms with E-state index >= 15 is 0 Å². The van der Waals surface area contributed by atoms with Crippen LogP contribution in [0.5, 0.6) is 0 Å². The van der Waals surface area contributed by atoms with Crippen LogP contribution in [-0.4, -0.2) is 29.9 Å². The summed E-state index contributed by atoms with van der Waals surface area (Å²) in [6, 6.07) is 50.4. The van der Waals surface area contributed by atoms with Crippen LogP contribution in [0, 0.1) is 0 Å². The first-order chi connectivity index (χ1) is 28.7. The second-order valence-corrected chi connectivity index (χ2v) is 14.5. The summed E-state index contributed by atoms with van der Waals surface area (Å²) in [5, 5.41) is 12.2. The normalized spacial score (nSPS) is 11.6. The number of fused-ring (bicyclic) bond motifs is 24. The Hall–Kier alpha value is -7.32. The van der Waals surface area contributed by atoms with Gasteiger partial charge in [-0.2, -0.15) is 0 Å². The van der Waals surface area contributed by atoms with Crippen LogP contribution in [0.3, 0.4) is 0 Å². The van der Waals surface area contributed by atoms with Crippen molar-refractivity contribution in [3.05, 3.63) is 146 Å². The zero-order chi connectivity index (χ0) is 38.5. The molecule has 8 bridgehead atoms. The molecule has 0 fully saturated rings. The van der Waals surface area contributed by atoms with Gasteiger partial charge in [-0.3, -0.25) is 0 Å². The van der Waals surface area contributed by atoms with Crippen LogP contribution >= 0.6 is 0 Å². The zero-order valence-electron chi connectivity index (χ0n) is 31.7. The first-order valence-electron chi connectivity index (χ1n) is 19.5. The van der Waals surface area contributed by atoms with Crippen LogP contribution in [0.25, 0.3) is 133 Å². The first-order valence-corrected chi connectivity index (χ1v) is 19.5. The van der Waals surface area contributed by atoms with Gasteiger partial charge in [-0.1, -0.05) is 118 Å². The van der Waals surface area contributed by atoms with Crippen molar-refractivity contribution in [2.75, 3.05) is 0 Å². The van der Waals surface area contributed by atoms with E-state index in [1.807, 2.05) is 62.4 Å². The Bertz CT molecular complexity index is 3260. The van der Waals surface area contributed by atoms with Gasteiger partial charge < -0.3 is 29.9 Å². The van der Waals surface area contributed by atoms with Crippen molar-refractivity contribution >= 4 is 87.2 Å². The Morgan fingerprint density at radius 3 is 0.717 bits per heavy atom. The number of hydrogen-bond donors (Lipinski definition) is 0. The summed E-state index contributed by atoms with van der Waals surface area (Å²) >= 11 is 0. The molecule has 9 heteroatoms. The van der Waals surface area contributed by atoms with E-state index in [0.29, 0.717) is 45.9 Å². The third-order valence-corrected chi connectivity index (χ3v) is 11.2. The molecular formula is C51H34CuN8. The standard InChI is InChI=1S/C48H24N8.C2H6.CH4.Cu/c1-2-10-26-18-34-33(17-25(26)9-1)41-49-42(34)54-44-37-21-29-13-5-6-14-30(29)22-38(37)46(51-44)56-48-40-24-32-16-8-7-15-31(32)23-39(40)47(52-48)55-45-36-20-28-12-4-3-11-27(28)19-35(36)43(50-45)53-41;1-2;;/h1-24H;1-2H3;1H4;/q-2;;;+2. The molecule has 60 heavy (non-hydrogen) atoms. The van der Waals surface area contributed by atoms with E-state index in [-0.39, 0.29) is 24.5 Å². The fourth-order valence-electron chi connectivity index (χ4n) is 8.41. The summed E-state index contributed by atoms with van der Waals surface area (Å²) in [5.74, 6) is 2.14. The second-order valence-electron chi connectivity index (χ2n) is 14.5. The first kappa shape index (κ1) is 37.0. The third kappa shape index (κ3) is 5.66. The summed E-state index contributed by atoms with van der Waals surface area (Å²) in [7, 11) is 0. The molecule has 0 atom stereocenters. The summed E-state index contributed by atoms with van der Waals surface area (Å²) in [6.07, 6.45) is 0. The van der Waals surface area contributed by atoms with E-state index in [2.05, 4.69) is 97.1 Å². The van der Waals surface area contributed by atoms with Gasteiger partial charge in [0.1, 0.15) is 0 Å². The molecule has 13 rings (SSSR count). The largest absolute Gasteiger partial charge is 2.00 e. The minimum absolute atomic E-state index is 0. The van der Waals surface area contributed by atoms with Gasteiger partial charge in [-0.25, -0.2) is 9.97 Å². The van der Waals surface area contributed by atoms with Gasteiger partial charge in [0.05, 0.1) is 23.3 Å². The number of aromatic nitrogens is 8. The number of hydrogen-bond acceptors (Lipinski definition) is 6. The molecule has 2 aliphatic rings. The molecule has 5 heterocycles. The van der Waals surface area contributed by atoms with Gasteiger partial charge in [0.25, 0.3) is 0 Å². The van der Waals surface area contributed by atoms with Crippen LogP contribution in [-0.2, 0) is 17.1 Å². The van der Waals surface area contributed by atoms with Crippen molar-refractivity contribution < 1.29 is 17.1 Å². The molecule has 0 spiro atoms. The fraction of sp³-hybridized carbons (Fsp3) is 0.0588. The van der Waals surface area contributed by atoms with Crippen molar-refractivity contribution in [1.29, 1.82) is 0 Å². The molecular weight excluding hydrogens is 788 g/mol. The summed E-state index contributed by atoms with van der Waals surface area (Å²) in [6.45, 7) is 4.00. The van der Waals surface area contributed by atoms with Crippen molar-refractivity contribution in [2.45, 2.75) is 21.3 Å². The smallest absolute Gasteiger partial charge is 0.357 e. The molecule has 8 nitrogen and oxygen atoms in total. The molecule has 0 unspecified atom stereocenters. The Balaban J connectivity index is 0.00000107. The van der Waals surface area contributed by atoms with Crippen LogP contribution in [0.2, 0.25) is 0 Å². The minimum atomic E-state index is 0. The van der Waals surface area contributed by atoms with Crippen LogP contribution in [0.1, 0.15) is 21.3 Å². The topological polar surface area (TPSA) is 106 Å². The Morgan fingerprint density at radius 1 is 0.300 bits per heavy atom. The molecule has 1 radical (unpaired) electrons. The van der Waals surface area contributed by atoms with Crippen molar-refractivity contribution in [3.8, 4) is 45.6 Å². The molecule has 0 saturated heterocycles.